The van der Waals surface area contributed by atoms with Gasteiger partial charge < -0.3 is 10.5 Å². The molecule has 0 aliphatic carbocycles. The van der Waals surface area contributed by atoms with Crippen molar-refractivity contribution in [2.75, 3.05) is 5.73 Å². The van der Waals surface area contributed by atoms with Gasteiger partial charge in [0.25, 0.3) is 9.05 Å². The van der Waals surface area contributed by atoms with E-state index in [-0.39, 0.29) is 3.70 Å². The molecular formula is C6H3ClF3IN2O3S. The Balaban J connectivity index is 3.29. The third-order valence-corrected chi connectivity index (χ3v) is 3.93. The molecule has 0 aliphatic rings. The van der Waals surface area contributed by atoms with E-state index in [2.05, 4.69) is 9.72 Å². The number of rotatable bonds is 2. The second-order valence-electron chi connectivity index (χ2n) is 2.66. The van der Waals surface area contributed by atoms with Gasteiger partial charge in [-0.25, -0.2) is 13.4 Å². The monoisotopic (exact) mass is 402 g/mol. The summed E-state index contributed by atoms with van der Waals surface area (Å²) in [6.45, 7) is 0. The van der Waals surface area contributed by atoms with Crippen LogP contribution in [0.15, 0.2) is 11.0 Å². The SMILES string of the molecule is Nc1cc(OC(F)(F)F)nc(I)c1S(=O)(=O)Cl. The predicted octanol–water partition coefficient (Wildman–Crippen LogP) is 2.09. The van der Waals surface area contributed by atoms with Crippen molar-refractivity contribution in [3.05, 3.63) is 9.77 Å². The van der Waals surface area contributed by atoms with E-state index in [4.69, 9.17) is 16.4 Å². The minimum atomic E-state index is -4.94. The molecular weight excluding hydrogens is 399 g/mol. The number of anilines is 1. The Morgan fingerprint density at radius 1 is 1.47 bits per heavy atom. The number of alkyl halides is 3. The van der Waals surface area contributed by atoms with Gasteiger partial charge in [0.05, 0.1) is 5.69 Å². The lowest BCUT2D eigenvalue weighted by atomic mass is 10.4. The predicted molar refractivity (Wildman–Crippen MR) is 61.1 cm³/mol. The van der Waals surface area contributed by atoms with Crippen molar-refractivity contribution in [1.29, 1.82) is 0 Å². The Morgan fingerprint density at radius 3 is 2.35 bits per heavy atom. The third-order valence-electron chi connectivity index (χ3n) is 1.40. The van der Waals surface area contributed by atoms with E-state index < -0.39 is 31.9 Å². The van der Waals surface area contributed by atoms with Gasteiger partial charge in [-0.05, 0) is 22.6 Å². The first-order valence-electron chi connectivity index (χ1n) is 3.67. The molecule has 0 saturated heterocycles. The van der Waals surface area contributed by atoms with E-state index in [1.807, 2.05) is 0 Å². The fourth-order valence-electron chi connectivity index (χ4n) is 0.910. The van der Waals surface area contributed by atoms with Crippen molar-refractivity contribution in [3.63, 3.8) is 0 Å². The van der Waals surface area contributed by atoms with Crippen LogP contribution in [0.25, 0.3) is 0 Å². The smallest absolute Gasteiger partial charge is 0.397 e. The Morgan fingerprint density at radius 2 is 2.00 bits per heavy atom. The maximum absolute atomic E-state index is 11.9. The third kappa shape index (κ3) is 4.03. The van der Waals surface area contributed by atoms with Crippen LogP contribution >= 0.6 is 33.3 Å². The summed E-state index contributed by atoms with van der Waals surface area (Å²) in [5, 5.41) is 0. The molecule has 0 saturated carbocycles. The van der Waals surface area contributed by atoms with Crippen LogP contribution in [-0.2, 0) is 9.05 Å². The molecule has 0 radical (unpaired) electrons. The lowest BCUT2D eigenvalue weighted by Crippen LogP contribution is -2.18. The Hall–Kier alpha value is -0.490. The first-order chi connectivity index (χ1) is 7.50. The van der Waals surface area contributed by atoms with Crippen LogP contribution in [0.4, 0.5) is 18.9 Å². The highest BCUT2D eigenvalue weighted by Crippen LogP contribution is 2.31. The first-order valence-corrected chi connectivity index (χ1v) is 7.06. The highest BCUT2D eigenvalue weighted by molar-refractivity contribution is 14.1. The van der Waals surface area contributed by atoms with Gasteiger partial charge in [0, 0.05) is 16.7 Å². The molecule has 1 rings (SSSR count). The van der Waals surface area contributed by atoms with E-state index >= 15 is 0 Å². The van der Waals surface area contributed by atoms with Crippen molar-refractivity contribution in [2.45, 2.75) is 11.3 Å². The summed E-state index contributed by atoms with van der Waals surface area (Å²) in [6.07, 6.45) is -4.94. The summed E-state index contributed by atoms with van der Waals surface area (Å²) in [6, 6.07) is 0.630. The molecule has 1 aromatic rings. The molecule has 0 amide bonds. The van der Waals surface area contributed by atoms with Crippen LogP contribution in [0.3, 0.4) is 0 Å². The van der Waals surface area contributed by atoms with Crippen LogP contribution in [0.2, 0.25) is 0 Å². The zero-order chi connectivity index (χ0) is 13.4. The second kappa shape index (κ2) is 4.65. The number of pyridine rings is 1. The minimum Gasteiger partial charge on any atom is -0.397 e. The molecule has 0 spiro atoms. The van der Waals surface area contributed by atoms with Crippen molar-refractivity contribution >= 4 is 48.0 Å². The molecule has 11 heteroatoms. The maximum atomic E-state index is 11.9. The zero-order valence-electron chi connectivity index (χ0n) is 7.62. The number of halogens is 5. The number of nitrogens with two attached hydrogens (primary N) is 1. The van der Waals surface area contributed by atoms with E-state index in [0.717, 1.165) is 0 Å². The highest BCUT2D eigenvalue weighted by atomic mass is 127. The molecule has 5 nitrogen and oxygen atoms in total. The highest BCUT2D eigenvalue weighted by Gasteiger charge is 2.33. The molecule has 0 aliphatic heterocycles. The van der Waals surface area contributed by atoms with Crippen LogP contribution < -0.4 is 10.5 Å². The molecule has 1 aromatic heterocycles. The molecule has 0 aromatic carbocycles. The van der Waals surface area contributed by atoms with E-state index in [1.54, 1.807) is 0 Å². The summed E-state index contributed by atoms with van der Waals surface area (Å²) in [5.41, 5.74) is 4.80. The molecule has 17 heavy (non-hydrogen) atoms. The molecule has 96 valence electrons. The molecule has 0 bridgehead atoms. The van der Waals surface area contributed by atoms with Crippen molar-refractivity contribution in [3.8, 4) is 5.88 Å². The van der Waals surface area contributed by atoms with Gasteiger partial charge in [-0.1, -0.05) is 0 Å². The van der Waals surface area contributed by atoms with E-state index in [0.29, 0.717) is 6.07 Å². The average molecular weight is 403 g/mol. The summed E-state index contributed by atoms with van der Waals surface area (Å²) >= 11 is 1.39. The van der Waals surface area contributed by atoms with Gasteiger partial charge in [0.15, 0.2) is 0 Å². The van der Waals surface area contributed by atoms with Crippen LogP contribution in [0.5, 0.6) is 5.88 Å². The van der Waals surface area contributed by atoms with E-state index in [1.165, 1.54) is 22.6 Å². The zero-order valence-corrected chi connectivity index (χ0v) is 11.4. The fourth-order valence-corrected chi connectivity index (χ4v) is 3.79. The Labute approximate surface area is 112 Å². The van der Waals surface area contributed by atoms with E-state index in [9.17, 15) is 21.6 Å². The topological polar surface area (TPSA) is 82.3 Å². The van der Waals surface area contributed by atoms with Gasteiger partial charge in [-0.3, -0.25) is 0 Å². The molecule has 2 N–H and O–H groups in total. The number of nitrogens with zero attached hydrogens (tertiary/aromatic N) is 1. The van der Waals surface area contributed by atoms with Gasteiger partial charge in [0.1, 0.15) is 8.60 Å². The Bertz CT molecular complexity index is 525. The quantitative estimate of drug-likeness (QED) is 0.465. The fraction of sp³-hybridized carbons (Fsp3) is 0.167. The summed E-state index contributed by atoms with van der Waals surface area (Å²) in [4.78, 5) is 2.74. The number of ether oxygens (including phenoxy) is 1. The van der Waals surface area contributed by atoms with Gasteiger partial charge in [0.2, 0.25) is 5.88 Å². The number of hydrogen-bond acceptors (Lipinski definition) is 5. The van der Waals surface area contributed by atoms with Gasteiger partial charge in [-0.2, -0.15) is 0 Å². The second-order valence-corrected chi connectivity index (χ2v) is 6.18. The summed E-state index contributed by atoms with van der Waals surface area (Å²) < 4.78 is 61.0. The number of aromatic nitrogens is 1. The molecule has 0 unspecified atom stereocenters. The standard InChI is InChI=1S/C6H3ClF3IN2O3S/c7-17(14,15)4-2(12)1-3(13-5(4)11)16-6(8,9)10/h1H,(H2,12,13). The van der Waals surface area contributed by atoms with Gasteiger partial charge in [-0.15, -0.1) is 13.2 Å². The summed E-state index contributed by atoms with van der Waals surface area (Å²) in [7, 11) is 0.855. The summed E-state index contributed by atoms with van der Waals surface area (Å²) in [5.74, 6) is -0.858. The van der Waals surface area contributed by atoms with Crippen LogP contribution in [0.1, 0.15) is 0 Å². The largest absolute Gasteiger partial charge is 0.574 e. The average Bonchev–Trinajstić information content (AvgIpc) is 1.94. The first kappa shape index (κ1) is 14.6. The lowest BCUT2D eigenvalue weighted by molar-refractivity contribution is -0.276. The molecule has 0 atom stereocenters. The van der Waals surface area contributed by atoms with Crippen LogP contribution in [0, 0.1) is 3.70 Å². The maximum Gasteiger partial charge on any atom is 0.574 e. The van der Waals surface area contributed by atoms with Gasteiger partial charge >= 0.3 is 6.36 Å². The number of hydrogen-bond donors (Lipinski definition) is 1. The Kier molecular flexibility index (Phi) is 3.98. The van der Waals surface area contributed by atoms with Crippen LogP contribution in [-0.4, -0.2) is 19.8 Å². The van der Waals surface area contributed by atoms with Crippen molar-refractivity contribution in [2.24, 2.45) is 0 Å². The lowest BCUT2D eigenvalue weighted by Gasteiger charge is -2.10. The normalized spacial score (nSPS) is 12.5. The minimum absolute atomic E-state index is 0.308. The number of nitrogen functional groups attached to an aromatic ring is 1. The van der Waals surface area contributed by atoms with Crippen molar-refractivity contribution < 1.29 is 26.3 Å². The van der Waals surface area contributed by atoms with Crippen molar-refractivity contribution in [1.82, 2.24) is 4.98 Å². The molecule has 0 fully saturated rings. The molecule has 1 heterocycles.